The minimum Gasteiger partial charge on any atom is -0.486 e. The number of aromatic nitrogens is 5. The number of hydrogen-bond donors (Lipinski definition) is 1. The van der Waals surface area contributed by atoms with Gasteiger partial charge >= 0.3 is 0 Å². The summed E-state index contributed by atoms with van der Waals surface area (Å²) in [4.78, 5) is 19.5. The van der Waals surface area contributed by atoms with E-state index < -0.39 is 0 Å². The number of H-pyrrole nitrogens is 1. The van der Waals surface area contributed by atoms with Crippen LogP contribution in [0.15, 0.2) is 52.4 Å². The Morgan fingerprint density at radius 2 is 1.86 bits per heavy atom. The van der Waals surface area contributed by atoms with E-state index in [4.69, 9.17) is 27.9 Å². The fraction of sp³-hybridized carbons (Fsp3) is 0.158. The highest BCUT2D eigenvalue weighted by molar-refractivity contribution is 7.98. The zero-order valence-electron chi connectivity index (χ0n) is 15.2. The first-order valence-corrected chi connectivity index (χ1v) is 10.3. The predicted molar refractivity (Wildman–Crippen MR) is 114 cm³/mol. The second-order valence-electron chi connectivity index (χ2n) is 6.16. The van der Waals surface area contributed by atoms with Crippen molar-refractivity contribution in [3.05, 3.63) is 74.5 Å². The lowest BCUT2D eigenvalue weighted by Crippen LogP contribution is -2.11. The summed E-state index contributed by atoms with van der Waals surface area (Å²) in [6.45, 7) is 0.275. The number of aromatic amines is 1. The van der Waals surface area contributed by atoms with Gasteiger partial charge in [0.1, 0.15) is 18.2 Å². The van der Waals surface area contributed by atoms with Crippen LogP contribution in [0, 0.1) is 0 Å². The van der Waals surface area contributed by atoms with Gasteiger partial charge in [0.2, 0.25) is 0 Å². The Balaban J connectivity index is 1.44. The molecular formula is C19H15Cl2N5O2S. The van der Waals surface area contributed by atoms with Crippen molar-refractivity contribution in [3.63, 3.8) is 0 Å². The molecular weight excluding hydrogens is 433 g/mol. The molecule has 0 atom stereocenters. The molecule has 148 valence electrons. The first kappa shape index (κ1) is 19.8. The van der Waals surface area contributed by atoms with Gasteiger partial charge in [-0.3, -0.25) is 4.79 Å². The lowest BCUT2D eigenvalue weighted by molar-refractivity contribution is 0.290. The van der Waals surface area contributed by atoms with E-state index in [2.05, 4.69) is 20.2 Å². The van der Waals surface area contributed by atoms with Crippen LogP contribution in [0.2, 0.25) is 10.0 Å². The molecule has 0 amide bonds. The smallest absolute Gasteiger partial charge is 0.258 e. The molecule has 0 aliphatic rings. The predicted octanol–water partition coefficient (Wildman–Crippen LogP) is 4.23. The number of thioether (sulfide) groups is 1. The van der Waals surface area contributed by atoms with E-state index in [0.717, 1.165) is 0 Å². The van der Waals surface area contributed by atoms with Gasteiger partial charge in [-0.1, -0.05) is 35.0 Å². The summed E-state index contributed by atoms with van der Waals surface area (Å²) in [5, 5.41) is 10.7. The zero-order chi connectivity index (χ0) is 20.4. The minimum atomic E-state index is -0.219. The quantitative estimate of drug-likeness (QED) is 0.445. The van der Waals surface area contributed by atoms with Gasteiger partial charge in [-0.15, -0.1) is 10.2 Å². The molecule has 2 heterocycles. The Morgan fingerprint density at radius 3 is 2.66 bits per heavy atom. The molecule has 0 fully saturated rings. The van der Waals surface area contributed by atoms with Crippen molar-refractivity contribution in [1.82, 2.24) is 24.7 Å². The normalized spacial score (nSPS) is 11.1. The Morgan fingerprint density at radius 1 is 1.10 bits per heavy atom. The van der Waals surface area contributed by atoms with Gasteiger partial charge in [-0.05, 0) is 42.5 Å². The van der Waals surface area contributed by atoms with Crippen LogP contribution in [0.1, 0.15) is 11.6 Å². The van der Waals surface area contributed by atoms with Crippen LogP contribution in [0.25, 0.3) is 10.9 Å². The van der Waals surface area contributed by atoms with E-state index in [9.17, 15) is 4.79 Å². The molecule has 0 saturated heterocycles. The molecule has 2 aromatic carbocycles. The lowest BCUT2D eigenvalue weighted by atomic mass is 10.2. The lowest BCUT2D eigenvalue weighted by Gasteiger charge is -2.07. The first-order valence-electron chi connectivity index (χ1n) is 8.57. The van der Waals surface area contributed by atoms with Crippen LogP contribution in [-0.4, -0.2) is 24.7 Å². The molecule has 0 saturated carbocycles. The minimum absolute atomic E-state index is 0.219. The second kappa shape index (κ2) is 8.44. The van der Waals surface area contributed by atoms with Crippen molar-refractivity contribution in [3.8, 4) is 5.75 Å². The Labute approximate surface area is 180 Å². The summed E-state index contributed by atoms with van der Waals surface area (Å²) < 4.78 is 7.56. The van der Waals surface area contributed by atoms with Gasteiger partial charge in [-0.25, -0.2) is 4.98 Å². The third-order valence-electron chi connectivity index (χ3n) is 4.16. The molecule has 0 bridgehead atoms. The number of ether oxygens (including phenoxy) is 1. The molecule has 0 aliphatic heterocycles. The van der Waals surface area contributed by atoms with Crippen LogP contribution < -0.4 is 10.3 Å². The van der Waals surface area contributed by atoms with Crippen LogP contribution in [-0.2, 0) is 19.4 Å². The maximum absolute atomic E-state index is 12.3. The highest BCUT2D eigenvalue weighted by Crippen LogP contribution is 2.22. The highest BCUT2D eigenvalue weighted by atomic mass is 35.5. The van der Waals surface area contributed by atoms with Crippen LogP contribution >= 0.6 is 35.0 Å². The average molecular weight is 448 g/mol. The first-order chi connectivity index (χ1) is 14.0. The summed E-state index contributed by atoms with van der Waals surface area (Å²) >= 11 is 13.2. The Bertz CT molecular complexity index is 1220. The van der Waals surface area contributed by atoms with Gasteiger partial charge in [0.05, 0.1) is 16.7 Å². The standard InChI is InChI=1S/C19H15Cl2N5O2S/c1-26-17(9-28-13-5-2-11(20)3-6-13)24-25-19(26)29-10-16-22-15-7-4-12(21)8-14(15)18(27)23-16/h2-8H,9-10H2,1H3,(H,22,23,27). The highest BCUT2D eigenvalue weighted by Gasteiger charge is 2.12. The van der Waals surface area contributed by atoms with Crippen LogP contribution in [0.5, 0.6) is 5.75 Å². The van der Waals surface area contributed by atoms with Crippen molar-refractivity contribution >= 4 is 45.9 Å². The molecule has 1 N–H and O–H groups in total. The van der Waals surface area contributed by atoms with Gasteiger partial charge < -0.3 is 14.3 Å². The molecule has 7 nitrogen and oxygen atoms in total. The summed E-state index contributed by atoms with van der Waals surface area (Å²) in [5.74, 6) is 2.37. The molecule has 29 heavy (non-hydrogen) atoms. The summed E-state index contributed by atoms with van der Waals surface area (Å²) in [5.41, 5.74) is 0.381. The van der Waals surface area contributed by atoms with Crippen molar-refractivity contribution in [2.24, 2.45) is 7.05 Å². The fourth-order valence-corrected chi connectivity index (χ4v) is 3.73. The number of benzene rings is 2. The maximum atomic E-state index is 12.3. The monoisotopic (exact) mass is 447 g/mol. The summed E-state index contributed by atoms with van der Waals surface area (Å²) in [7, 11) is 1.86. The molecule has 0 aliphatic carbocycles. The molecule has 0 spiro atoms. The molecule has 4 rings (SSSR count). The molecule has 0 unspecified atom stereocenters. The summed E-state index contributed by atoms with van der Waals surface area (Å²) in [6, 6.07) is 12.2. The number of halogens is 2. The largest absolute Gasteiger partial charge is 0.486 e. The summed E-state index contributed by atoms with van der Waals surface area (Å²) in [6.07, 6.45) is 0. The fourth-order valence-electron chi connectivity index (χ4n) is 2.64. The number of fused-ring (bicyclic) bond motifs is 1. The SMILES string of the molecule is Cn1c(COc2ccc(Cl)cc2)nnc1SCc1nc2ccc(Cl)cc2c(=O)[nH]1. The maximum Gasteiger partial charge on any atom is 0.258 e. The number of rotatable bonds is 6. The van der Waals surface area contributed by atoms with Gasteiger partial charge in [0.15, 0.2) is 11.0 Å². The number of nitrogens with one attached hydrogen (secondary N) is 1. The topological polar surface area (TPSA) is 85.7 Å². The molecule has 0 radical (unpaired) electrons. The third kappa shape index (κ3) is 4.55. The van der Waals surface area contributed by atoms with Gasteiger partial charge in [-0.2, -0.15) is 0 Å². The van der Waals surface area contributed by atoms with E-state index >= 15 is 0 Å². The Kier molecular flexibility index (Phi) is 5.75. The van der Waals surface area contributed by atoms with E-state index in [0.29, 0.717) is 49.3 Å². The average Bonchev–Trinajstić information content (AvgIpc) is 3.06. The number of hydrogen-bond acceptors (Lipinski definition) is 6. The van der Waals surface area contributed by atoms with E-state index in [1.54, 1.807) is 42.5 Å². The van der Waals surface area contributed by atoms with Gasteiger partial charge in [0, 0.05) is 17.1 Å². The van der Waals surface area contributed by atoms with Crippen molar-refractivity contribution in [2.45, 2.75) is 17.5 Å². The Hall–Kier alpha value is -2.55. The van der Waals surface area contributed by atoms with Crippen molar-refractivity contribution < 1.29 is 4.74 Å². The van der Waals surface area contributed by atoms with E-state index in [1.807, 2.05) is 11.6 Å². The number of nitrogens with zero attached hydrogens (tertiary/aromatic N) is 4. The molecule has 4 aromatic rings. The van der Waals surface area contributed by atoms with Crippen molar-refractivity contribution in [1.29, 1.82) is 0 Å². The zero-order valence-corrected chi connectivity index (χ0v) is 17.6. The van der Waals surface area contributed by atoms with E-state index in [1.165, 1.54) is 11.8 Å². The van der Waals surface area contributed by atoms with Gasteiger partial charge in [0.25, 0.3) is 5.56 Å². The molecule has 10 heteroatoms. The van der Waals surface area contributed by atoms with Crippen LogP contribution in [0.3, 0.4) is 0 Å². The third-order valence-corrected chi connectivity index (χ3v) is 5.68. The van der Waals surface area contributed by atoms with Crippen molar-refractivity contribution in [2.75, 3.05) is 0 Å². The second-order valence-corrected chi connectivity index (χ2v) is 7.98. The van der Waals surface area contributed by atoms with Crippen LogP contribution in [0.4, 0.5) is 0 Å². The van der Waals surface area contributed by atoms with E-state index in [-0.39, 0.29) is 12.2 Å². The molecule has 2 aromatic heterocycles.